The molecule has 0 aliphatic heterocycles. The molecule has 0 N–H and O–H groups in total. The van der Waals surface area contributed by atoms with Crippen molar-refractivity contribution in [3.8, 4) is 0 Å². The monoisotopic (exact) mass is 340 g/mol. The number of alkyl halides is 1. The molecule has 0 heterocycles. The maximum Gasteiger partial charge on any atom is 0.142 e. The molecule has 0 aliphatic rings. The molecule has 2 aromatic carbocycles. The van der Waals surface area contributed by atoms with Gasteiger partial charge in [0.05, 0.1) is 5.02 Å². The minimum Gasteiger partial charge on any atom is -0.205 e. The maximum absolute atomic E-state index is 13.4. The van der Waals surface area contributed by atoms with Crippen molar-refractivity contribution in [1.29, 1.82) is 0 Å². The molecule has 1 unspecified atom stereocenters. The van der Waals surface area contributed by atoms with E-state index in [0.717, 1.165) is 12.0 Å². The van der Waals surface area contributed by atoms with Gasteiger partial charge in [-0.1, -0.05) is 51.8 Å². The van der Waals surface area contributed by atoms with Crippen LogP contribution in [0.15, 0.2) is 36.4 Å². The van der Waals surface area contributed by atoms with E-state index in [-0.39, 0.29) is 15.7 Å². The Morgan fingerprint density at radius 3 is 2.47 bits per heavy atom. The summed E-state index contributed by atoms with van der Waals surface area (Å²) in [7, 11) is 0. The summed E-state index contributed by atoms with van der Waals surface area (Å²) < 4.78 is 13.4. The summed E-state index contributed by atoms with van der Waals surface area (Å²) >= 11 is 9.31. The van der Waals surface area contributed by atoms with Gasteiger partial charge in [-0.25, -0.2) is 4.39 Å². The molecule has 0 saturated heterocycles. The topological polar surface area (TPSA) is 0 Å². The van der Waals surface area contributed by atoms with Gasteiger partial charge in [0.25, 0.3) is 0 Å². The van der Waals surface area contributed by atoms with E-state index < -0.39 is 0 Å². The van der Waals surface area contributed by atoms with Gasteiger partial charge in [0.1, 0.15) is 5.82 Å². The summed E-state index contributed by atoms with van der Waals surface area (Å²) in [5, 5.41) is 0.162. The van der Waals surface area contributed by atoms with Crippen LogP contribution in [-0.4, -0.2) is 0 Å². The van der Waals surface area contributed by atoms with E-state index in [4.69, 9.17) is 11.6 Å². The first-order valence-electron chi connectivity index (χ1n) is 6.12. The first-order valence-corrected chi connectivity index (χ1v) is 7.42. The summed E-state index contributed by atoms with van der Waals surface area (Å²) in [6.07, 6.45) is 0.822. The molecule has 0 amide bonds. The highest BCUT2D eigenvalue weighted by Crippen LogP contribution is 2.29. The fraction of sp³-hybridized carbons (Fsp3) is 0.250. The Kier molecular flexibility index (Phi) is 4.64. The van der Waals surface area contributed by atoms with Crippen molar-refractivity contribution in [2.24, 2.45) is 0 Å². The average Bonchev–Trinajstić information content (AvgIpc) is 2.37. The highest BCUT2D eigenvalue weighted by Gasteiger charge is 2.11. The van der Waals surface area contributed by atoms with Crippen LogP contribution in [0.25, 0.3) is 0 Å². The SMILES string of the molecule is Cc1ccc(CC(Br)c2ccc(Cl)c(F)c2)cc1C. The summed E-state index contributed by atoms with van der Waals surface area (Å²) in [6.45, 7) is 4.20. The minimum atomic E-state index is -0.372. The van der Waals surface area contributed by atoms with Crippen LogP contribution < -0.4 is 0 Å². The third kappa shape index (κ3) is 3.58. The number of hydrogen-bond donors (Lipinski definition) is 0. The molecule has 2 rings (SSSR count). The van der Waals surface area contributed by atoms with Crippen LogP contribution in [0.5, 0.6) is 0 Å². The van der Waals surface area contributed by atoms with Gasteiger partial charge in [-0.05, 0) is 54.7 Å². The summed E-state index contributed by atoms with van der Waals surface area (Å²) in [4.78, 5) is 0.0846. The van der Waals surface area contributed by atoms with Gasteiger partial charge in [0.15, 0.2) is 0 Å². The molecule has 0 radical (unpaired) electrons. The molecular weight excluding hydrogens is 327 g/mol. The van der Waals surface area contributed by atoms with Crippen molar-refractivity contribution in [2.75, 3.05) is 0 Å². The molecule has 0 saturated carbocycles. The van der Waals surface area contributed by atoms with Gasteiger partial charge >= 0.3 is 0 Å². The van der Waals surface area contributed by atoms with E-state index in [0.29, 0.717) is 0 Å². The summed E-state index contributed by atoms with van der Waals surface area (Å²) in [5.74, 6) is -0.372. The summed E-state index contributed by atoms with van der Waals surface area (Å²) in [6, 6.07) is 11.3. The van der Waals surface area contributed by atoms with Crippen molar-refractivity contribution in [3.63, 3.8) is 0 Å². The second kappa shape index (κ2) is 6.06. The third-order valence-corrected chi connectivity index (χ3v) is 4.45. The Labute approximate surface area is 126 Å². The smallest absolute Gasteiger partial charge is 0.142 e. The Bertz CT molecular complexity index is 595. The molecule has 19 heavy (non-hydrogen) atoms. The number of hydrogen-bond acceptors (Lipinski definition) is 0. The van der Waals surface area contributed by atoms with Gasteiger partial charge < -0.3 is 0 Å². The number of halogens is 3. The van der Waals surface area contributed by atoms with Crippen molar-refractivity contribution in [2.45, 2.75) is 25.1 Å². The molecule has 0 nitrogen and oxygen atoms in total. The van der Waals surface area contributed by atoms with E-state index in [2.05, 4.69) is 48.0 Å². The second-order valence-electron chi connectivity index (χ2n) is 4.76. The predicted molar refractivity (Wildman–Crippen MR) is 82.7 cm³/mol. The fourth-order valence-electron chi connectivity index (χ4n) is 1.96. The molecular formula is C16H15BrClF. The van der Waals surface area contributed by atoms with Crippen molar-refractivity contribution < 1.29 is 4.39 Å². The molecule has 0 fully saturated rings. The van der Waals surface area contributed by atoms with E-state index in [1.54, 1.807) is 6.07 Å². The first-order chi connectivity index (χ1) is 8.97. The molecule has 2 aromatic rings. The number of aryl methyl sites for hydroxylation is 2. The second-order valence-corrected chi connectivity index (χ2v) is 6.28. The Hall–Kier alpha value is -0.860. The predicted octanol–water partition coefficient (Wildman–Crippen LogP) is 5.77. The Morgan fingerprint density at radius 2 is 1.84 bits per heavy atom. The fourth-order valence-corrected chi connectivity index (χ4v) is 2.74. The van der Waals surface area contributed by atoms with E-state index >= 15 is 0 Å². The van der Waals surface area contributed by atoms with Gasteiger partial charge in [0.2, 0.25) is 0 Å². The number of rotatable bonds is 3. The highest BCUT2D eigenvalue weighted by atomic mass is 79.9. The zero-order chi connectivity index (χ0) is 14.0. The minimum absolute atomic E-state index is 0.0846. The lowest BCUT2D eigenvalue weighted by Gasteiger charge is -2.12. The maximum atomic E-state index is 13.4. The molecule has 3 heteroatoms. The standard InChI is InChI=1S/C16H15BrClF/c1-10-3-4-12(7-11(10)2)8-14(17)13-5-6-15(18)16(19)9-13/h3-7,9,14H,8H2,1-2H3. The highest BCUT2D eigenvalue weighted by molar-refractivity contribution is 9.09. The lowest BCUT2D eigenvalue weighted by molar-refractivity contribution is 0.625. The normalized spacial score (nSPS) is 12.5. The zero-order valence-corrected chi connectivity index (χ0v) is 13.2. The van der Waals surface area contributed by atoms with Crippen LogP contribution >= 0.6 is 27.5 Å². The van der Waals surface area contributed by atoms with Gasteiger partial charge in [0, 0.05) is 4.83 Å². The van der Waals surface area contributed by atoms with Crippen molar-refractivity contribution in [1.82, 2.24) is 0 Å². The van der Waals surface area contributed by atoms with Gasteiger partial charge in [-0.2, -0.15) is 0 Å². The van der Waals surface area contributed by atoms with Crippen LogP contribution in [0.2, 0.25) is 5.02 Å². The summed E-state index contributed by atoms with van der Waals surface area (Å²) in [5.41, 5.74) is 4.70. The van der Waals surface area contributed by atoms with E-state index in [9.17, 15) is 4.39 Å². The van der Waals surface area contributed by atoms with Crippen LogP contribution in [0.3, 0.4) is 0 Å². The quantitative estimate of drug-likeness (QED) is 0.621. The molecule has 0 spiro atoms. The average molecular weight is 342 g/mol. The largest absolute Gasteiger partial charge is 0.205 e. The van der Waals surface area contributed by atoms with Crippen LogP contribution in [0.1, 0.15) is 27.1 Å². The van der Waals surface area contributed by atoms with Gasteiger partial charge in [-0.3, -0.25) is 0 Å². The lowest BCUT2D eigenvalue weighted by Crippen LogP contribution is -1.97. The Morgan fingerprint density at radius 1 is 1.11 bits per heavy atom. The van der Waals surface area contributed by atoms with Crippen LogP contribution in [0.4, 0.5) is 4.39 Å². The molecule has 100 valence electrons. The van der Waals surface area contributed by atoms with Crippen molar-refractivity contribution in [3.05, 3.63) is 69.5 Å². The molecule has 0 bridgehead atoms. The molecule has 1 atom stereocenters. The Balaban J connectivity index is 2.17. The van der Waals surface area contributed by atoms with Crippen LogP contribution in [0, 0.1) is 19.7 Å². The van der Waals surface area contributed by atoms with E-state index in [1.165, 1.54) is 22.8 Å². The van der Waals surface area contributed by atoms with Crippen LogP contribution in [-0.2, 0) is 6.42 Å². The first kappa shape index (κ1) is 14.5. The molecule has 0 aliphatic carbocycles. The van der Waals surface area contributed by atoms with E-state index in [1.807, 2.05) is 6.07 Å². The molecule has 0 aromatic heterocycles. The number of benzene rings is 2. The zero-order valence-electron chi connectivity index (χ0n) is 10.9. The lowest BCUT2D eigenvalue weighted by atomic mass is 10.0. The van der Waals surface area contributed by atoms with Crippen molar-refractivity contribution >= 4 is 27.5 Å². The third-order valence-electron chi connectivity index (χ3n) is 3.29. The van der Waals surface area contributed by atoms with Gasteiger partial charge in [-0.15, -0.1) is 0 Å².